The maximum Gasteiger partial charge on any atom is 0.317 e. The second kappa shape index (κ2) is 4.58. The van der Waals surface area contributed by atoms with E-state index in [1.807, 2.05) is 4.90 Å². The van der Waals surface area contributed by atoms with Gasteiger partial charge in [0.15, 0.2) is 0 Å². The van der Waals surface area contributed by atoms with Crippen LogP contribution in [0.4, 0.5) is 0 Å². The fourth-order valence-corrected chi connectivity index (χ4v) is 1.74. The van der Waals surface area contributed by atoms with Crippen LogP contribution >= 0.6 is 0 Å². The lowest BCUT2D eigenvalue weighted by atomic mass is 9.96. The maximum atomic E-state index is 10.5. The van der Waals surface area contributed by atoms with Crippen LogP contribution in [0.1, 0.15) is 13.3 Å². The summed E-state index contributed by atoms with van der Waals surface area (Å²) >= 11 is 0. The van der Waals surface area contributed by atoms with Crippen molar-refractivity contribution in [1.29, 1.82) is 0 Å². The van der Waals surface area contributed by atoms with Gasteiger partial charge in [-0.1, -0.05) is 6.92 Å². The summed E-state index contributed by atoms with van der Waals surface area (Å²) in [6, 6.07) is 0. The molecule has 1 aliphatic heterocycles. The van der Waals surface area contributed by atoms with Gasteiger partial charge in [0.1, 0.15) is 0 Å². The Morgan fingerprint density at radius 3 is 2.92 bits per heavy atom. The van der Waals surface area contributed by atoms with E-state index in [9.17, 15) is 4.79 Å². The first-order valence-electron chi connectivity index (χ1n) is 4.60. The van der Waals surface area contributed by atoms with Crippen LogP contribution in [-0.4, -0.2) is 48.8 Å². The number of rotatable bonds is 3. The number of hydrogen-bond donors (Lipinski definition) is 1. The van der Waals surface area contributed by atoms with Crippen molar-refractivity contribution in [2.24, 2.45) is 5.92 Å². The minimum absolute atomic E-state index is 0.132. The third kappa shape index (κ3) is 2.97. The zero-order chi connectivity index (χ0) is 9.84. The second-order valence-corrected chi connectivity index (χ2v) is 3.67. The summed E-state index contributed by atoms with van der Waals surface area (Å²) in [5.41, 5.74) is 0. The van der Waals surface area contributed by atoms with Crippen LogP contribution in [0.3, 0.4) is 0 Å². The van der Waals surface area contributed by atoms with E-state index in [4.69, 9.17) is 9.84 Å². The van der Waals surface area contributed by atoms with E-state index in [1.54, 1.807) is 7.11 Å². The largest absolute Gasteiger partial charge is 0.480 e. The number of ether oxygens (including phenoxy) is 1. The molecule has 1 aliphatic rings. The summed E-state index contributed by atoms with van der Waals surface area (Å²) < 4.78 is 5.28. The number of likely N-dealkylation sites (tertiary alicyclic amines) is 1. The zero-order valence-corrected chi connectivity index (χ0v) is 8.19. The Bertz CT molecular complexity index is 184. The van der Waals surface area contributed by atoms with Gasteiger partial charge in [0.2, 0.25) is 0 Å². The fourth-order valence-electron chi connectivity index (χ4n) is 1.74. The first-order valence-corrected chi connectivity index (χ1v) is 4.60. The van der Waals surface area contributed by atoms with Gasteiger partial charge in [0.05, 0.1) is 12.6 Å². The van der Waals surface area contributed by atoms with E-state index in [1.165, 1.54) is 0 Å². The van der Waals surface area contributed by atoms with Gasteiger partial charge in [-0.15, -0.1) is 0 Å². The van der Waals surface area contributed by atoms with Crippen LogP contribution in [0.2, 0.25) is 0 Å². The van der Waals surface area contributed by atoms with Gasteiger partial charge in [0.25, 0.3) is 0 Å². The highest BCUT2D eigenvalue weighted by Gasteiger charge is 2.26. The quantitative estimate of drug-likeness (QED) is 0.696. The molecule has 76 valence electrons. The van der Waals surface area contributed by atoms with Gasteiger partial charge in [-0.2, -0.15) is 0 Å². The summed E-state index contributed by atoms with van der Waals surface area (Å²) in [6.45, 7) is 3.89. The fraction of sp³-hybridized carbons (Fsp3) is 0.889. The van der Waals surface area contributed by atoms with Gasteiger partial charge in [-0.05, 0) is 18.9 Å². The lowest BCUT2D eigenvalue weighted by Gasteiger charge is -2.35. The Balaban J connectivity index is 2.40. The predicted octanol–water partition coefficient (Wildman–Crippen LogP) is 0.428. The lowest BCUT2D eigenvalue weighted by Crippen LogP contribution is -2.45. The number of carboxylic acid groups (broad SMARTS) is 1. The molecule has 1 N–H and O–H groups in total. The van der Waals surface area contributed by atoms with E-state index < -0.39 is 5.97 Å². The predicted molar refractivity (Wildman–Crippen MR) is 48.7 cm³/mol. The summed E-state index contributed by atoms with van der Waals surface area (Å²) in [5.74, 6) is -0.223. The van der Waals surface area contributed by atoms with Crippen LogP contribution in [0.25, 0.3) is 0 Å². The van der Waals surface area contributed by atoms with Gasteiger partial charge in [-0.3, -0.25) is 9.69 Å². The summed E-state index contributed by atoms with van der Waals surface area (Å²) in [5, 5.41) is 8.61. The topological polar surface area (TPSA) is 49.8 Å². The van der Waals surface area contributed by atoms with Crippen LogP contribution in [0.15, 0.2) is 0 Å². The molecule has 2 unspecified atom stereocenters. The molecule has 2 atom stereocenters. The van der Waals surface area contributed by atoms with Gasteiger partial charge in [-0.25, -0.2) is 0 Å². The molecule has 1 heterocycles. The molecule has 0 aromatic rings. The molecule has 1 rings (SSSR count). The standard InChI is InChI=1S/C9H17NO3/c1-7-3-4-10(6-9(11)12)5-8(7)13-2/h7-8H,3-6H2,1-2H3,(H,11,12). The highest BCUT2D eigenvalue weighted by atomic mass is 16.5. The Kier molecular flexibility index (Phi) is 3.69. The zero-order valence-electron chi connectivity index (χ0n) is 8.19. The third-order valence-electron chi connectivity index (χ3n) is 2.64. The third-order valence-corrected chi connectivity index (χ3v) is 2.64. The molecular formula is C9H17NO3. The second-order valence-electron chi connectivity index (χ2n) is 3.67. The monoisotopic (exact) mass is 187 g/mol. The highest BCUT2D eigenvalue weighted by Crippen LogP contribution is 2.18. The van der Waals surface area contributed by atoms with E-state index >= 15 is 0 Å². The molecule has 0 aliphatic carbocycles. The number of hydrogen-bond acceptors (Lipinski definition) is 3. The Morgan fingerprint density at radius 1 is 1.69 bits per heavy atom. The van der Waals surface area contributed by atoms with Crippen LogP contribution < -0.4 is 0 Å². The number of nitrogens with zero attached hydrogens (tertiary/aromatic N) is 1. The number of carboxylic acids is 1. The van der Waals surface area contributed by atoms with E-state index in [0.29, 0.717) is 5.92 Å². The van der Waals surface area contributed by atoms with E-state index in [-0.39, 0.29) is 12.6 Å². The van der Waals surface area contributed by atoms with Crippen molar-refractivity contribution in [3.8, 4) is 0 Å². The molecule has 0 aromatic heterocycles. The van der Waals surface area contributed by atoms with Crippen molar-refractivity contribution in [3.63, 3.8) is 0 Å². The number of methoxy groups -OCH3 is 1. The number of aliphatic carboxylic acids is 1. The molecule has 1 saturated heterocycles. The minimum atomic E-state index is -0.760. The molecular weight excluding hydrogens is 170 g/mol. The first kappa shape index (κ1) is 10.5. The smallest absolute Gasteiger partial charge is 0.317 e. The minimum Gasteiger partial charge on any atom is -0.480 e. The molecule has 0 bridgehead atoms. The normalized spacial score (nSPS) is 30.3. The van der Waals surface area contributed by atoms with Crippen molar-refractivity contribution < 1.29 is 14.6 Å². The molecule has 4 nitrogen and oxygen atoms in total. The SMILES string of the molecule is COC1CN(CC(=O)O)CCC1C. The van der Waals surface area contributed by atoms with Gasteiger partial charge >= 0.3 is 5.97 Å². The molecule has 0 spiro atoms. The Labute approximate surface area is 78.5 Å². The molecule has 0 radical (unpaired) electrons. The molecule has 0 aromatic carbocycles. The lowest BCUT2D eigenvalue weighted by molar-refractivity contribution is -0.139. The summed E-state index contributed by atoms with van der Waals surface area (Å²) in [6.07, 6.45) is 1.21. The van der Waals surface area contributed by atoms with E-state index in [0.717, 1.165) is 19.5 Å². The van der Waals surface area contributed by atoms with Crippen LogP contribution in [0, 0.1) is 5.92 Å². The molecule has 13 heavy (non-hydrogen) atoms. The highest BCUT2D eigenvalue weighted by molar-refractivity contribution is 5.69. The average Bonchev–Trinajstić information content (AvgIpc) is 2.07. The summed E-state index contributed by atoms with van der Waals surface area (Å²) in [7, 11) is 1.69. The van der Waals surface area contributed by atoms with E-state index in [2.05, 4.69) is 6.92 Å². The molecule has 0 saturated carbocycles. The van der Waals surface area contributed by atoms with Gasteiger partial charge < -0.3 is 9.84 Å². The molecule has 1 fully saturated rings. The molecule has 0 amide bonds. The van der Waals surface area contributed by atoms with Crippen molar-refractivity contribution in [2.45, 2.75) is 19.4 Å². The van der Waals surface area contributed by atoms with Crippen molar-refractivity contribution in [3.05, 3.63) is 0 Å². The Morgan fingerprint density at radius 2 is 2.38 bits per heavy atom. The summed E-state index contributed by atoms with van der Waals surface area (Å²) in [4.78, 5) is 12.4. The Hall–Kier alpha value is -0.610. The van der Waals surface area contributed by atoms with Crippen molar-refractivity contribution in [2.75, 3.05) is 26.7 Å². The van der Waals surface area contributed by atoms with Crippen molar-refractivity contribution in [1.82, 2.24) is 4.90 Å². The average molecular weight is 187 g/mol. The van der Waals surface area contributed by atoms with Gasteiger partial charge in [0, 0.05) is 13.7 Å². The maximum absolute atomic E-state index is 10.5. The first-order chi connectivity index (χ1) is 6.13. The van der Waals surface area contributed by atoms with Crippen molar-refractivity contribution >= 4 is 5.97 Å². The van der Waals surface area contributed by atoms with Crippen LogP contribution in [-0.2, 0) is 9.53 Å². The van der Waals surface area contributed by atoms with Crippen LogP contribution in [0.5, 0.6) is 0 Å². The molecule has 4 heteroatoms. The number of carbonyl (C=O) groups is 1. The number of piperidine rings is 1.